The van der Waals surface area contributed by atoms with Crippen LogP contribution < -0.4 is 11.2 Å². The Balaban J connectivity index is 1.84. The van der Waals surface area contributed by atoms with Crippen LogP contribution in [-0.4, -0.2) is 32.5 Å². The highest BCUT2D eigenvalue weighted by molar-refractivity contribution is 7.17. The van der Waals surface area contributed by atoms with E-state index < -0.39 is 22.9 Å². The van der Waals surface area contributed by atoms with Gasteiger partial charge < -0.3 is 4.90 Å². The summed E-state index contributed by atoms with van der Waals surface area (Å²) in [6, 6.07) is 4.26. The van der Waals surface area contributed by atoms with Crippen LogP contribution in [0.25, 0.3) is 15.9 Å². The Bertz CT molecular complexity index is 1210. The van der Waals surface area contributed by atoms with Crippen molar-refractivity contribution in [1.29, 1.82) is 0 Å². The van der Waals surface area contributed by atoms with E-state index in [4.69, 9.17) is 0 Å². The van der Waals surface area contributed by atoms with Gasteiger partial charge in [0.1, 0.15) is 22.9 Å². The molecule has 1 aliphatic rings. The lowest BCUT2D eigenvalue weighted by molar-refractivity contribution is -0.135. The maximum atomic E-state index is 13.7. The van der Waals surface area contributed by atoms with E-state index in [1.54, 1.807) is 16.3 Å². The summed E-state index contributed by atoms with van der Waals surface area (Å²) in [4.78, 5) is 41.0. The van der Waals surface area contributed by atoms with E-state index in [1.807, 2.05) is 6.92 Å². The molecular weight excluding hydrogens is 412 g/mol. The standard InChI is InChI=1S/C21H21F2N3O3S/c1-2-15-5-3-4-7-24(15)18(27)12-25-17-6-8-30-19(17)20(28)26(21(25)29)16-10-13(22)9-14(23)11-16/h6,8-11,15H,2-5,7,12H2,1H3/t15-/m1/s1. The van der Waals surface area contributed by atoms with E-state index in [9.17, 15) is 23.2 Å². The van der Waals surface area contributed by atoms with Gasteiger partial charge >= 0.3 is 5.69 Å². The summed E-state index contributed by atoms with van der Waals surface area (Å²) in [7, 11) is 0. The molecule has 6 nitrogen and oxygen atoms in total. The highest BCUT2D eigenvalue weighted by atomic mass is 32.1. The van der Waals surface area contributed by atoms with Gasteiger partial charge in [0.05, 0.1) is 11.2 Å². The fourth-order valence-corrected chi connectivity index (χ4v) is 4.94. The van der Waals surface area contributed by atoms with Gasteiger partial charge in [-0.15, -0.1) is 11.3 Å². The van der Waals surface area contributed by atoms with Crippen molar-refractivity contribution in [3.05, 3.63) is 62.1 Å². The Morgan fingerprint density at radius 2 is 1.90 bits per heavy atom. The second-order valence-corrected chi connectivity index (χ2v) is 8.33. The van der Waals surface area contributed by atoms with Crippen LogP contribution in [0.1, 0.15) is 32.6 Å². The molecule has 4 rings (SSSR count). The van der Waals surface area contributed by atoms with Gasteiger partial charge in [0.15, 0.2) is 0 Å². The number of likely N-dealkylation sites (tertiary alicyclic amines) is 1. The monoisotopic (exact) mass is 433 g/mol. The number of halogens is 2. The molecule has 158 valence electrons. The third kappa shape index (κ3) is 3.58. The van der Waals surface area contributed by atoms with E-state index in [1.165, 1.54) is 4.57 Å². The summed E-state index contributed by atoms with van der Waals surface area (Å²) in [6.45, 7) is 2.42. The lowest BCUT2D eigenvalue weighted by Gasteiger charge is -2.35. The molecule has 0 bridgehead atoms. The molecule has 3 aromatic rings. The third-order valence-corrected chi connectivity index (χ3v) is 6.46. The maximum absolute atomic E-state index is 13.7. The fourth-order valence-electron chi connectivity index (χ4n) is 4.12. The number of carbonyl (C=O) groups is 1. The predicted molar refractivity (Wildman–Crippen MR) is 111 cm³/mol. The summed E-state index contributed by atoms with van der Waals surface area (Å²) in [5.41, 5.74) is -1.32. The Hall–Kier alpha value is -2.81. The van der Waals surface area contributed by atoms with Crippen LogP contribution >= 0.6 is 11.3 Å². The first-order valence-corrected chi connectivity index (χ1v) is 10.8. The molecule has 1 aromatic carbocycles. The Kier molecular flexibility index (Phi) is 5.55. The van der Waals surface area contributed by atoms with Crippen molar-refractivity contribution in [2.75, 3.05) is 6.54 Å². The summed E-state index contributed by atoms with van der Waals surface area (Å²) < 4.78 is 29.7. The number of benzene rings is 1. The van der Waals surface area contributed by atoms with E-state index in [0.717, 1.165) is 53.7 Å². The van der Waals surface area contributed by atoms with Gasteiger partial charge in [-0.2, -0.15) is 0 Å². The molecule has 1 fully saturated rings. The number of hydrogen-bond acceptors (Lipinski definition) is 4. The fraction of sp³-hybridized carbons (Fsp3) is 0.381. The number of amides is 1. The molecule has 1 atom stereocenters. The van der Waals surface area contributed by atoms with Crippen LogP contribution in [0.4, 0.5) is 8.78 Å². The normalized spacial score (nSPS) is 16.9. The summed E-state index contributed by atoms with van der Waals surface area (Å²) >= 11 is 1.12. The lowest BCUT2D eigenvalue weighted by Crippen LogP contribution is -2.47. The van der Waals surface area contributed by atoms with Gasteiger partial charge in [0, 0.05) is 18.7 Å². The zero-order valence-electron chi connectivity index (χ0n) is 16.4. The molecule has 3 heterocycles. The molecule has 2 aromatic heterocycles. The van der Waals surface area contributed by atoms with Crippen LogP contribution in [0.3, 0.4) is 0 Å². The van der Waals surface area contributed by atoms with Gasteiger partial charge in [0.25, 0.3) is 5.56 Å². The SMILES string of the molecule is CC[C@@H]1CCCCN1C(=O)Cn1c(=O)n(-c2cc(F)cc(F)c2)c(=O)c2sccc21. The largest absolute Gasteiger partial charge is 0.338 e. The molecule has 1 aliphatic heterocycles. The van der Waals surface area contributed by atoms with Crippen molar-refractivity contribution in [3.8, 4) is 5.69 Å². The highest BCUT2D eigenvalue weighted by Crippen LogP contribution is 2.21. The van der Waals surface area contributed by atoms with Crippen molar-refractivity contribution in [2.45, 2.75) is 45.2 Å². The average molecular weight is 433 g/mol. The molecule has 0 unspecified atom stereocenters. The quantitative estimate of drug-likeness (QED) is 0.634. The van der Waals surface area contributed by atoms with Gasteiger partial charge in [-0.3, -0.25) is 14.2 Å². The highest BCUT2D eigenvalue weighted by Gasteiger charge is 2.27. The van der Waals surface area contributed by atoms with Crippen molar-refractivity contribution in [3.63, 3.8) is 0 Å². The Labute approximate surface area is 175 Å². The number of nitrogens with zero attached hydrogens (tertiary/aromatic N) is 3. The van der Waals surface area contributed by atoms with Crippen molar-refractivity contribution in [1.82, 2.24) is 14.0 Å². The van der Waals surface area contributed by atoms with E-state index in [-0.39, 0.29) is 28.9 Å². The number of rotatable bonds is 4. The average Bonchev–Trinajstić information content (AvgIpc) is 3.20. The van der Waals surface area contributed by atoms with Crippen LogP contribution in [0.15, 0.2) is 39.2 Å². The smallest absolute Gasteiger partial charge is 0.336 e. The Morgan fingerprint density at radius 3 is 2.60 bits per heavy atom. The van der Waals surface area contributed by atoms with Gasteiger partial charge in [0.2, 0.25) is 5.91 Å². The summed E-state index contributed by atoms with van der Waals surface area (Å²) in [5, 5.41) is 1.65. The van der Waals surface area contributed by atoms with Crippen LogP contribution in [0.5, 0.6) is 0 Å². The molecule has 30 heavy (non-hydrogen) atoms. The molecule has 0 spiro atoms. The van der Waals surface area contributed by atoms with Crippen LogP contribution in [0.2, 0.25) is 0 Å². The van der Waals surface area contributed by atoms with E-state index >= 15 is 0 Å². The second kappa shape index (κ2) is 8.14. The van der Waals surface area contributed by atoms with E-state index in [2.05, 4.69) is 0 Å². The number of carbonyl (C=O) groups excluding carboxylic acids is 1. The van der Waals surface area contributed by atoms with Crippen molar-refractivity contribution in [2.24, 2.45) is 0 Å². The molecule has 0 aliphatic carbocycles. The molecule has 0 saturated carbocycles. The number of piperidine rings is 1. The first-order chi connectivity index (χ1) is 14.4. The minimum absolute atomic E-state index is 0.128. The third-order valence-electron chi connectivity index (χ3n) is 5.57. The van der Waals surface area contributed by atoms with Crippen LogP contribution in [-0.2, 0) is 11.3 Å². The number of thiophene rings is 1. The number of hydrogen-bond donors (Lipinski definition) is 0. The van der Waals surface area contributed by atoms with Gasteiger partial charge in [-0.25, -0.2) is 18.1 Å². The molecule has 1 saturated heterocycles. The van der Waals surface area contributed by atoms with Crippen molar-refractivity contribution >= 4 is 27.5 Å². The zero-order valence-corrected chi connectivity index (χ0v) is 17.3. The predicted octanol–water partition coefficient (Wildman–Crippen LogP) is 3.28. The molecule has 0 radical (unpaired) electrons. The van der Waals surface area contributed by atoms with E-state index in [0.29, 0.717) is 18.1 Å². The topological polar surface area (TPSA) is 64.3 Å². The minimum atomic E-state index is -0.899. The summed E-state index contributed by atoms with van der Waals surface area (Å²) in [5.74, 6) is -2.00. The molecule has 0 N–H and O–H groups in total. The molecule has 9 heteroatoms. The van der Waals surface area contributed by atoms with Gasteiger partial charge in [-0.1, -0.05) is 6.92 Å². The number of aromatic nitrogens is 2. The molecule has 1 amide bonds. The maximum Gasteiger partial charge on any atom is 0.336 e. The van der Waals surface area contributed by atoms with Crippen LogP contribution in [0, 0.1) is 11.6 Å². The molecular formula is C21H21F2N3O3S. The van der Waals surface area contributed by atoms with Gasteiger partial charge in [-0.05, 0) is 49.3 Å². The second-order valence-electron chi connectivity index (χ2n) is 7.42. The lowest BCUT2D eigenvalue weighted by atomic mass is 10.00. The van der Waals surface area contributed by atoms with Crippen molar-refractivity contribution < 1.29 is 13.6 Å². The first kappa shape index (κ1) is 20.5. The number of fused-ring (bicyclic) bond motifs is 1. The zero-order chi connectivity index (χ0) is 21.4. The summed E-state index contributed by atoms with van der Waals surface area (Å²) in [6.07, 6.45) is 3.73. The minimum Gasteiger partial charge on any atom is -0.338 e. The first-order valence-electron chi connectivity index (χ1n) is 9.89. The Morgan fingerprint density at radius 1 is 1.17 bits per heavy atom.